The number of carbonyl (C=O) groups excluding carboxylic acids is 5. The van der Waals surface area contributed by atoms with E-state index in [1.807, 2.05) is 20.8 Å². The summed E-state index contributed by atoms with van der Waals surface area (Å²) in [5.41, 5.74) is -2.20. The van der Waals surface area contributed by atoms with Gasteiger partial charge in [-0.15, -0.1) is 0 Å². The molecule has 15 heteroatoms. The van der Waals surface area contributed by atoms with Crippen LogP contribution in [0.1, 0.15) is 73.6 Å². The van der Waals surface area contributed by atoms with Crippen LogP contribution in [0, 0.1) is 16.7 Å². The van der Waals surface area contributed by atoms with E-state index in [1.54, 1.807) is 27.9 Å². The fourth-order valence-corrected chi connectivity index (χ4v) is 4.62. The van der Waals surface area contributed by atoms with Crippen LogP contribution in [0.25, 0.3) is 0 Å². The first-order valence-electron chi connectivity index (χ1n) is 15.1. The van der Waals surface area contributed by atoms with E-state index >= 15 is 0 Å². The van der Waals surface area contributed by atoms with Crippen molar-refractivity contribution in [2.45, 2.75) is 79.7 Å². The third kappa shape index (κ3) is 18.4. The van der Waals surface area contributed by atoms with Crippen LogP contribution in [0.5, 0.6) is 0 Å². The number of methoxy groups -OCH3 is 1. The molecule has 0 aliphatic rings. The number of hydrogen-bond donors (Lipinski definition) is 5. The predicted molar refractivity (Wildman–Crippen MR) is 169 cm³/mol. The fourth-order valence-electron chi connectivity index (χ4n) is 4.53. The predicted octanol–water partition coefficient (Wildman–Crippen LogP) is 0.996. The van der Waals surface area contributed by atoms with Crippen LogP contribution in [-0.2, 0) is 42.7 Å². The minimum Gasteiger partial charge on any atom is -0.382 e. The Hall–Kier alpha value is -2.38. The normalized spacial score (nSPS) is 13.5. The number of hydrogen-bond acceptors (Lipinski definition) is 9. The largest absolute Gasteiger partial charge is 0.382 e. The van der Waals surface area contributed by atoms with E-state index in [2.05, 4.69) is 36.1 Å². The van der Waals surface area contributed by atoms with Crippen molar-refractivity contribution in [1.29, 1.82) is 0 Å². The van der Waals surface area contributed by atoms with Gasteiger partial charge in [0.2, 0.25) is 29.5 Å². The Morgan fingerprint density at radius 1 is 0.750 bits per heavy atom. The number of ether oxygens (including phenoxy) is 3. The Balaban J connectivity index is 5.34. The van der Waals surface area contributed by atoms with Crippen LogP contribution < -0.4 is 26.6 Å². The molecule has 0 fully saturated rings. The summed E-state index contributed by atoms with van der Waals surface area (Å²) in [5, 5.41) is 13.6. The van der Waals surface area contributed by atoms with Crippen LogP contribution in [0.3, 0.4) is 0 Å². The molecule has 0 aromatic rings. The van der Waals surface area contributed by atoms with Crippen molar-refractivity contribution in [3.63, 3.8) is 0 Å². The fraction of sp³-hybridized carbons (Fsp3) is 0.828. The quantitative estimate of drug-likeness (QED) is 0.0547. The molecule has 0 aliphatic carbocycles. The third-order valence-corrected chi connectivity index (χ3v) is 7.02. The van der Waals surface area contributed by atoms with Crippen molar-refractivity contribution >= 4 is 39.0 Å². The second-order valence-electron chi connectivity index (χ2n) is 11.7. The van der Waals surface area contributed by atoms with Gasteiger partial charge in [0.05, 0.1) is 65.8 Å². The number of carbonyl (C=O) groups is 5. The molecule has 0 spiro atoms. The lowest BCUT2D eigenvalue weighted by Gasteiger charge is -2.37. The van der Waals surface area contributed by atoms with Gasteiger partial charge in [-0.25, -0.2) is 0 Å². The minimum atomic E-state index is -1.15. The van der Waals surface area contributed by atoms with E-state index in [1.165, 1.54) is 0 Å². The second kappa shape index (κ2) is 23.0. The summed E-state index contributed by atoms with van der Waals surface area (Å²) in [6.07, 6.45) is 1.03. The van der Waals surface area contributed by atoms with E-state index in [0.29, 0.717) is 32.8 Å². The molecule has 14 nitrogen and oxygen atoms in total. The van der Waals surface area contributed by atoms with Gasteiger partial charge in [0.15, 0.2) is 0 Å². The molecular formula is C29H56N5O9P. The molecule has 3 atom stereocenters. The van der Waals surface area contributed by atoms with Gasteiger partial charge in [-0.3, -0.25) is 24.0 Å². The molecule has 0 aromatic carbocycles. The Kier molecular flexibility index (Phi) is 21.8. The molecule has 0 rings (SSSR count). The topological polar surface area (TPSA) is 182 Å². The lowest BCUT2D eigenvalue weighted by atomic mass is 9.68. The Bertz CT molecular complexity index is 891. The highest BCUT2D eigenvalue weighted by Gasteiger charge is 2.44. The number of nitrogens with one attached hydrogen (secondary N) is 5. The molecule has 44 heavy (non-hydrogen) atoms. The molecule has 0 heterocycles. The molecule has 0 aliphatic heterocycles. The highest BCUT2D eigenvalue weighted by Crippen LogP contribution is 2.40. The second-order valence-corrected chi connectivity index (χ2v) is 12.1. The Morgan fingerprint density at radius 3 is 1.75 bits per heavy atom. The van der Waals surface area contributed by atoms with Crippen molar-refractivity contribution in [2.24, 2.45) is 16.7 Å². The van der Waals surface area contributed by atoms with E-state index < -0.39 is 22.7 Å². The number of rotatable bonds is 25. The molecule has 0 saturated heterocycles. The van der Waals surface area contributed by atoms with Crippen LogP contribution in [-0.4, -0.2) is 95.7 Å². The van der Waals surface area contributed by atoms with E-state index in [-0.39, 0.29) is 81.9 Å². The standard InChI is InChI=1S/C29H56N5O9P/c1-8-22(25(37)34-21(2)3)17-29(6,27(39)33-20-31-24(36)9-11-41-14-13-40-7)18-28(4,5)26(38)32-19-30-23(35)10-12-42-15-16-43-44/h21-22H,8-20,44H2,1-7H3,(H,30,35)(H,31,36)(H,32,38)(H,33,39)(H,34,37). The summed E-state index contributed by atoms with van der Waals surface area (Å²) < 4.78 is 20.3. The molecule has 256 valence electrons. The maximum Gasteiger partial charge on any atom is 0.227 e. The van der Waals surface area contributed by atoms with Crippen molar-refractivity contribution in [3.05, 3.63) is 0 Å². The lowest BCUT2D eigenvalue weighted by molar-refractivity contribution is -0.138. The Labute approximate surface area is 264 Å². The summed E-state index contributed by atoms with van der Waals surface area (Å²) >= 11 is 0. The van der Waals surface area contributed by atoms with E-state index in [9.17, 15) is 24.0 Å². The van der Waals surface area contributed by atoms with Crippen molar-refractivity contribution in [2.75, 3.05) is 60.1 Å². The smallest absolute Gasteiger partial charge is 0.227 e. The molecule has 5 N–H and O–H groups in total. The summed E-state index contributed by atoms with van der Waals surface area (Å²) in [5.74, 6) is -1.99. The van der Waals surface area contributed by atoms with Gasteiger partial charge in [-0.2, -0.15) is 0 Å². The zero-order chi connectivity index (χ0) is 33.6. The van der Waals surface area contributed by atoms with Gasteiger partial charge < -0.3 is 45.3 Å². The monoisotopic (exact) mass is 649 g/mol. The van der Waals surface area contributed by atoms with Crippen molar-refractivity contribution < 1.29 is 42.7 Å². The molecule has 0 saturated carbocycles. The van der Waals surface area contributed by atoms with Crippen LogP contribution in [0.15, 0.2) is 0 Å². The summed E-state index contributed by atoms with van der Waals surface area (Å²) in [6.45, 7) is 12.5. The Morgan fingerprint density at radius 2 is 1.27 bits per heavy atom. The SMILES string of the molecule is CCC(CC(C)(CC(C)(C)C(=O)NCNC(=O)CCOCCOP)C(=O)NCNC(=O)CCOCCOC)C(=O)NC(C)C. The van der Waals surface area contributed by atoms with E-state index in [0.717, 1.165) is 0 Å². The first kappa shape index (κ1) is 41.6. The highest BCUT2D eigenvalue weighted by atomic mass is 31.0. The molecule has 0 bridgehead atoms. The zero-order valence-corrected chi connectivity index (χ0v) is 28.8. The summed E-state index contributed by atoms with van der Waals surface area (Å²) in [7, 11) is 3.68. The maximum atomic E-state index is 13.6. The average molecular weight is 650 g/mol. The molecule has 3 unspecified atom stereocenters. The third-order valence-electron chi connectivity index (χ3n) is 6.78. The molecule has 0 radical (unpaired) electrons. The van der Waals surface area contributed by atoms with E-state index in [4.69, 9.17) is 18.7 Å². The van der Waals surface area contributed by atoms with Gasteiger partial charge in [-0.1, -0.05) is 27.7 Å². The van der Waals surface area contributed by atoms with Gasteiger partial charge in [-0.05, 0) is 33.1 Å². The maximum absolute atomic E-state index is 13.6. The van der Waals surface area contributed by atoms with Crippen LogP contribution in [0.4, 0.5) is 0 Å². The van der Waals surface area contributed by atoms with Gasteiger partial charge in [0, 0.05) is 39.4 Å². The molecule has 5 amide bonds. The molecular weight excluding hydrogens is 593 g/mol. The average Bonchev–Trinajstić information content (AvgIpc) is 2.94. The van der Waals surface area contributed by atoms with Gasteiger partial charge in [0.1, 0.15) is 0 Å². The first-order valence-corrected chi connectivity index (χ1v) is 15.6. The van der Waals surface area contributed by atoms with Gasteiger partial charge in [0.25, 0.3) is 0 Å². The van der Waals surface area contributed by atoms with Crippen LogP contribution >= 0.6 is 9.47 Å². The summed E-state index contributed by atoms with van der Waals surface area (Å²) in [4.78, 5) is 64.0. The first-order chi connectivity index (χ1) is 20.7. The lowest BCUT2D eigenvalue weighted by Crippen LogP contribution is -2.51. The summed E-state index contributed by atoms with van der Waals surface area (Å²) in [6, 6.07) is -0.0706. The zero-order valence-electron chi connectivity index (χ0n) is 27.6. The molecule has 0 aromatic heterocycles. The van der Waals surface area contributed by atoms with Crippen molar-refractivity contribution in [1.82, 2.24) is 26.6 Å². The van der Waals surface area contributed by atoms with Gasteiger partial charge >= 0.3 is 0 Å². The highest BCUT2D eigenvalue weighted by molar-refractivity contribution is 7.09. The minimum absolute atomic E-state index is 0.0706. The number of amides is 5. The van der Waals surface area contributed by atoms with Crippen molar-refractivity contribution in [3.8, 4) is 0 Å². The van der Waals surface area contributed by atoms with Crippen LogP contribution in [0.2, 0.25) is 0 Å².